The van der Waals surface area contributed by atoms with Crippen molar-refractivity contribution >= 4 is 16.4 Å². The van der Waals surface area contributed by atoms with Crippen molar-refractivity contribution in [3.8, 4) is 0 Å². The van der Waals surface area contributed by atoms with Crippen molar-refractivity contribution in [3.63, 3.8) is 0 Å². The van der Waals surface area contributed by atoms with Crippen molar-refractivity contribution in [2.24, 2.45) is 5.41 Å². The summed E-state index contributed by atoms with van der Waals surface area (Å²) in [4.78, 5) is 11.1. The molecule has 6 N–H and O–H groups in total. The Balaban J connectivity index is 2.20. The first-order valence-corrected chi connectivity index (χ1v) is 11.1. The third kappa shape index (κ3) is 5.58. The van der Waals surface area contributed by atoms with E-state index in [0.717, 1.165) is 6.08 Å². The Labute approximate surface area is 185 Å². The average molecular weight is 485 g/mol. The summed E-state index contributed by atoms with van der Waals surface area (Å²) in [6.07, 6.45) is -4.60. The molecule has 14 heteroatoms. The van der Waals surface area contributed by atoms with Gasteiger partial charge in [0.1, 0.15) is 41.7 Å². The summed E-state index contributed by atoms with van der Waals surface area (Å²) in [6, 6.07) is -0.683. The molecule has 0 aromatic carbocycles. The minimum atomic E-state index is -5.03. The molecule has 1 saturated heterocycles. The van der Waals surface area contributed by atoms with E-state index < -0.39 is 82.4 Å². The van der Waals surface area contributed by atoms with Crippen LogP contribution in [0.4, 0.5) is 0 Å². The number of aliphatic hydroxyl groups is 3. The third-order valence-electron chi connectivity index (χ3n) is 6.11. The lowest BCUT2D eigenvalue weighted by Gasteiger charge is -2.52. The number of hydrogen-bond acceptors (Lipinski definition) is 12. The zero-order valence-corrected chi connectivity index (χ0v) is 19.0. The number of aliphatic hydroxyl groups excluding tert-OH is 3. The minimum absolute atomic E-state index is 0.310. The molecule has 0 aromatic rings. The van der Waals surface area contributed by atoms with Gasteiger partial charge in [-0.1, -0.05) is 6.92 Å². The van der Waals surface area contributed by atoms with Gasteiger partial charge in [-0.2, -0.15) is 0 Å². The number of carboxylic acids is 1. The lowest BCUT2D eigenvalue weighted by molar-refractivity contribution is -0.498. The van der Waals surface area contributed by atoms with Gasteiger partial charge in [0, 0.05) is 0 Å². The standard InChI is InChI=1S/C18H31NO12S/c1-16(2)12(19)14(22)17(3,11(31-16)6-29-32(25,26)27)7-28-8-18(4)13(21)9(20)5-10(30-18)15(23)24/h5,9,11-14,20-22H,6-8,19H2,1-4H3,(H,23,24)(H,25,26,27)/p-1/t9-,11?,12?,13?,14+,17-,18-/m1/s1. The highest BCUT2D eigenvalue weighted by Gasteiger charge is 2.57. The first-order chi connectivity index (χ1) is 14.4. The van der Waals surface area contributed by atoms with Gasteiger partial charge >= 0.3 is 0 Å². The molecule has 0 spiro atoms. The highest BCUT2D eigenvalue weighted by atomic mass is 32.3. The topological polar surface area (TPSA) is 223 Å². The van der Waals surface area contributed by atoms with Crippen molar-refractivity contribution < 1.29 is 62.3 Å². The van der Waals surface area contributed by atoms with E-state index in [0.29, 0.717) is 0 Å². The van der Waals surface area contributed by atoms with Crippen LogP contribution in [0.15, 0.2) is 11.8 Å². The van der Waals surface area contributed by atoms with Crippen LogP contribution < -0.4 is 10.8 Å². The number of ether oxygens (including phenoxy) is 3. The van der Waals surface area contributed by atoms with Gasteiger partial charge in [-0.3, -0.25) is 4.18 Å². The van der Waals surface area contributed by atoms with E-state index in [9.17, 15) is 38.2 Å². The molecule has 0 amide bonds. The lowest BCUT2D eigenvalue weighted by atomic mass is 9.70. The molecule has 0 aromatic heterocycles. The fourth-order valence-electron chi connectivity index (χ4n) is 3.82. The number of rotatable bonds is 8. The van der Waals surface area contributed by atoms with E-state index in [1.54, 1.807) is 13.8 Å². The smallest absolute Gasteiger partial charge is 0.217 e. The van der Waals surface area contributed by atoms with Crippen molar-refractivity contribution in [2.45, 2.75) is 69.4 Å². The Morgan fingerprint density at radius 2 is 1.78 bits per heavy atom. The van der Waals surface area contributed by atoms with E-state index >= 15 is 0 Å². The maximum atomic E-state index is 11.1. The van der Waals surface area contributed by atoms with Crippen LogP contribution in [0.5, 0.6) is 0 Å². The van der Waals surface area contributed by atoms with Crippen LogP contribution in [0.25, 0.3) is 0 Å². The Hall–Kier alpha value is -1.36. The Bertz CT molecular complexity index is 845. The molecule has 7 atom stereocenters. The summed E-state index contributed by atoms with van der Waals surface area (Å²) >= 11 is 0. The van der Waals surface area contributed by atoms with E-state index in [1.165, 1.54) is 13.8 Å². The van der Waals surface area contributed by atoms with Gasteiger partial charge in [0.25, 0.3) is 0 Å². The molecular formula is C18H30NO12S-. The number of carbonyl (C=O) groups is 1. The van der Waals surface area contributed by atoms with Gasteiger partial charge in [0.2, 0.25) is 10.4 Å². The number of quaternary nitrogens is 1. The van der Waals surface area contributed by atoms with Gasteiger partial charge in [-0.15, -0.1) is 0 Å². The molecule has 1 fully saturated rings. The van der Waals surface area contributed by atoms with E-state index in [1.807, 2.05) is 0 Å². The highest BCUT2D eigenvalue weighted by molar-refractivity contribution is 7.80. The van der Waals surface area contributed by atoms with Crippen molar-refractivity contribution in [1.29, 1.82) is 0 Å². The second-order valence-electron chi connectivity index (χ2n) is 9.12. The first-order valence-electron chi connectivity index (χ1n) is 9.78. The van der Waals surface area contributed by atoms with Crippen LogP contribution in [0.3, 0.4) is 0 Å². The summed E-state index contributed by atoms with van der Waals surface area (Å²) in [5, 5.41) is 42.2. The number of carboxylic acid groups (broad SMARTS) is 1. The number of aliphatic carboxylic acids is 1. The highest BCUT2D eigenvalue weighted by Crippen LogP contribution is 2.41. The van der Waals surface area contributed by atoms with Crippen LogP contribution in [0.2, 0.25) is 0 Å². The van der Waals surface area contributed by atoms with Crippen LogP contribution in [0, 0.1) is 5.41 Å². The average Bonchev–Trinajstić information content (AvgIpc) is 2.65. The van der Waals surface area contributed by atoms with Crippen molar-refractivity contribution in [3.05, 3.63) is 11.8 Å². The maximum Gasteiger partial charge on any atom is 0.217 e. The van der Waals surface area contributed by atoms with Crippen LogP contribution >= 0.6 is 0 Å². The molecule has 0 aliphatic carbocycles. The third-order valence-corrected chi connectivity index (χ3v) is 6.54. The first kappa shape index (κ1) is 26.9. The predicted molar refractivity (Wildman–Crippen MR) is 101 cm³/mol. The molecule has 2 heterocycles. The quantitative estimate of drug-likeness (QED) is 0.190. The molecule has 2 rings (SSSR count). The second kappa shape index (κ2) is 9.12. The van der Waals surface area contributed by atoms with Gasteiger partial charge in [-0.25, -0.2) is 8.42 Å². The molecule has 32 heavy (non-hydrogen) atoms. The largest absolute Gasteiger partial charge is 0.726 e. The van der Waals surface area contributed by atoms with Crippen LogP contribution in [0.1, 0.15) is 27.7 Å². The lowest BCUT2D eigenvalue weighted by Crippen LogP contribution is -2.82. The summed E-state index contributed by atoms with van der Waals surface area (Å²) in [6.45, 7) is 4.66. The van der Waals surface area contributed by atoms with E-state index in [-0.39, 0.29) is 6.61 Å². The SMILES string of the molecule is CC1(C)OC(COS(=O)(=O)[O-])[C@@](C)(COC[C@@]2(C)OC(C(=O)[O-])=C[C@@H](O)C2O)[C@@H](O)C1[NH3+]. The molecule has 0 saturated carbocycles. The van der Waals surface area contributed by atoms with E-state index in [4.69, 9.17) is 14.2 Å². The maximum absolute atomic E-state index is 11.1. The van der Waals surface area contributed by atoms with Crippen LogP contribution in [-0.2, 0) is 33.6 Å². The zero-order valence-electron chi connectivity index (χ0n) is 18.2. The molecule has 3 unspecified atom stereocenters. The second-order valence-corrected chi connectivity index (χ2v) is 10.2. The summed E-state index contributed by atoms with van der Waals surface area (Å²) in [5.41, 5.74) is -0.101. The normalized spacial score (nSPS) is 39.8. The Kier molecular flexibility index (Phi) is 7.66. The van der Waals surface area contributed by atoms with Gasteiger partial charge < -0.3 is 49.7 Å². The van der Waals surface area contributed by atoms with Gasteiger partial charge in [0.15, 0.2) is 5.60 Å². The van der Waals surface area contributed by atoms with Gasteiger partial charge in [-0.05, 0) is 26.8 Å². The fourth-order valence-corrected chi connectivity index (χ4v) is 4.11. The molecule has 13 nitrogen and oxygen atoms in total. The molecule has 186 valence electrons. The molecular weight excluding hydrogens is 454 g/mol. The summed E-state index contributed by atoms with van der Waals surface area (Å²) in [5.74, 6) is -2.36. The number of carbonyl (C=O) groups excluding carboxylic acids is 1. The summed E-state index contributed by atoms with van der Waals surface area (Å²) < 4.78 is 53.9. The number of hydrogen-bond donors (Lipinski definition) is 4. The molecule has 2 aliphatic rings. The molecule has 0 bridgehead atoms. The van der Waals surface area contributed by atoms with Gasteiger partial charge in [0.05, 0.1) is 31.3 Å². The Morgan fingerprint density at radius 1 is 1.19 bits per heavy atom. The minimum Gasteiger partial charge on any atom is -0.726 e. The fraction of sp³-hybridized carbons (Fsp3) is 0.833. The molecule has 0 radical (unpaired) electrons. The predicted octanol–water partition coefficient (Wildman–Crippen LogP) is -4.22. The van der Waals surface area contributed by atoms with E-state index in [2.05, 4.69) is 9.92 Å². The zero-order chi connectivity index (χ0) is 24.7. The summed E-state index contributed by atoms with van der Waals surface area (Å²) in [7, 11) is -5.03. The van der Waals surface area contributed by atoms with Crippen molar-refractivity contribution in [1.82, 2.24) is 0 Å². The monoisotopic (exact) mass is 484 g/mol. The Morgan fingerprint density at radius 3 is 2.31 bits per heavy atom. The molecule has 2 aliphatic heterocycles. The van der Waals surface area contributed by atoms with Crippen LogP contribution in [-0.4, -0.2) is 95.7 Å². The van der Waals surface area contributed by atoms with Crippen molar-refractivity contribution in [2.75, 3.05) is 19.8 Å².